The first-order valence-corrected chi connectivity index (χ1v) is 8.02. The zero-order valence-corrected chi connectivity index (χ0v) is 12.8. The smallest absolute Gasteiger partial charge is 0.0484 e. The second kappa shape index (κ2) is 6.15. The van der Waals surface area contributed by atoms with Crippen LogP contribution in [0.1, 0.15) is 43.7 Å². The molecule has 0 spiro atoms. The van der Waals surface area contributed by atoms with Gasteiger partial charge in [0.05, 0.1) is 0 Å². The fraction of sp³-hybridized carbons (Fsp3) is 0.444. The van der Waals surface area contributed by atoms with E-state index in [1.54, 1.807) is 0 Å². The quantitative estimate of drug-likeness (QED) is 0.801. The Morgan fingerprint density at radius 3 is 2.50 bits per heavy atom. The standard InChI is InChI=1S/C18H22ClN/c1-20-18(12-13-6-2-3-7-13)16-10-11-17(19)15-9-5-4-8-14(15)16/h4-5,8-11,13,18,20H,2-3,6-7,12H2,1H3. The van der Waals surface area contributed by atoms with Gasteiger partial charge in [0.25, 0.3) is 0 Å². The molecule has 1 unspecified atom stereocenters. The molecule has 20 heavy (non-hydrogen) atoms. The first kappa shape index (κ1) is 13.9. The lowest BCUT2D eigenvalue weighted by atomic mass is 9.91. The van der Waals surface area contributed by atoms with Gasteiger partial charge in [-0.2, -0.15) is 0 Å². The lowest BCUT2D eigenvalue weighted by Gasteiger charge is -2.22. The molecule has 0 saturated heterocycles. The molecule has 2 heteroatoms. The van der Waals surface area contributed by atoms with Crippen molar-refractivity contribution in [2.24, 2.45) is 5.92 Å². The summed E-state index contributed by atoms with van der Waals surface area (Å²) in [6, 6.07) is 13.1. The van der Waals surface area contributed by atoms with Crippen LogP contribution in [0.4, 0.5) is 0 Å². The molecular formula is C18H22ClN. The summed E-state index contributed by atoms with van der Waals surface area (Å²) in [5, 5.41) is 6.82. The Balaban J connectivity index is 1.96. The number of benzene rings is 2. The molecule has 1 aliphatic carbocycles. The number of rotatable bonds is 4. The summed E-state index contributed by atoms with van der Waals surface area (Å²) >= 11 is 6.33. The van der Waals surface area contributed by atoms with E-state index in [-0.39, 0.29) is 0 Å². The molecule has 0 bridgehead atoms. The average molecular weight is 288 g/mol. The fourth-order valence-corrected chi connectivity index (χ4v) is 3.80. The summed E-state index contributed by atoms with van der Waals surface area (Å²) in [5.41, 5.74) is 1.39. The summed E-state index contributed by atoms with van der Waals surface area (Å²) in [6.45, 7) is 0. The van der Waals surface area contributed by atoms with Gasteiger partial charge in [0.2, 0.25) is 0 Å². The maximum atomic E-state index is 6.33. The molecule has 1 N–H and O–H groups in total. The van der Waals surface area contributed by atoms with E-state index in [4.69, 9.17) is 11.6 Å². The molecule has 0 amide bonds. The lowest BCUT2D eigenvalue weighted by Crippen LogP contribution is -2.19. The van der Waals surface area contributed by atoms with E-state index in [0.29, 0.717) is 6.04 Å². The minimum Gasteiger partial charge on any atom is -0.313 e. The van der Waals surface area contributed by atoms with Crippen LogP contribution in [0.25, 0.3) is 10.8 Å². The molecule has 3 rings (SSSR count). The summed E-state index contributed by atoms with van der Waals surface area (Å²) in [5.74, 6) is 0.877. The molecule has 0 heterocycles. The van der Waals surface area contributed by atoms with Crippen LogP contribution < -0.4 is 5.32 Å². The number of halogens is 1. The van der Waals surface area contributed by atoms with Crippen molar-refractivity contribution in [3.05, 3.63) is 47.0 Å². The highest BCUT2D eigenvalue weighted by molar-refractivity contribution is 6.35. The van der Waals surface area contributed by atoms with E-state index >= 15 is 0 Å². The minimum atomic E-state index is 0.431. The first-order valence-electron chi connectivity index (χ1n) is 7.64. The number of fused-ring (bicyclic) bond motifs is 1. The summed E-state index contributed by atoms with van der Waals surface area (Å²) in [4.78, 5) is 0. The molecule has 0 aromatic heterocycles. The third-order valence-corrected chi connectivity index (χ3v) is 5.00. The zero-order chi connectivity index (χ0) is 13.9. The van der Waals surface area contributed by atoms with E-state index < -0.39 is 0 Å². The van der Waals surface area contributed by atoms with Crippen LogP contribution in [0.5, 0.6) is 0 Å². The van der Waals surface area contributed by atoms with Crippen molar-refractivity contribution in [2.45, 2.75) is 38.1 Å². The zero-order valence-electron chi connectivity index (χ0n) is 12.0. The Kier molecular flexibility index (Phi) is 4.28. The average Bonchev–Trinajstić information content (AvgIpc) is 2.99. The van der Waals surface area contributed by atoms with Gasteiger partial charge >= 0.3 is 0 Å². The maximum Gasteiger partial charge on any atom is 0.0484 e. The van der Waals surface area contributed by atoms with E-state index in [1.807, 2.05) is 6.07 Å². The lowest BCUT2D eigenvalue weighted by molar-refractivity contribution is 0.415. The van der Waals surface area contributed by atoms with Gasteiger partial charge in [0.15, 0.2) is 0 Å². The van der Waals surface area contributed by atoms with Gasteiger partial charge in [-0.25, -0.2) is 0 Å². The van der Waals surface area contributed by atoms with Crippen molar-refractivity contribution < 1.29 is 0 Å². The molecule has 1 fully saturated rings. The third kappa shape index (κ3) is 2.70. The summed E-state index contributed by atoms with van der Waals surface area (Å²) in [7, 11) is 2.07. The summed E-state index contributed by atoms with van der Waals surface area (Å²) in [6.07, 6.45) is 6.83. The van der Waals surface area contributed by atoms with Crippen LogP contribution in [-0.4, -0.2) is 7.05 Å². The van der Waals surface area contributed by atoms with Gasteiger partial charge < -0.3 is 5.32 Å². The van der Waals surface area contributed by atoms with Crippen LogP contribution >= 0.6 is 11.6 Å². The number of nitrogens with one attached hydrogen (secondary N) is 1. The van der Waals surface area contributed by atoms with Crippen molar-refractivity contribution in [3.63, 3.8) is 0 Å². The predicted molar refractivity (Wildman–Crippen MR) is 87.3 cm³/mol. The molecular weight excluding hydrogens is 266 g/mol. The van der Waals surface area contributed by atoms with Crippen molar-refractivity contribution in [1.29, 1.82) is 0 Å². The fourth-order valence-electron chi connectivity index (χ4n) is 3.57. The molecule has 0 radical (unpaired) electrons. The van der Waals surface area contributed by atoms with Gasteiger partial charge in [-0.1, -0.05) is 67.6 Å². The van der Waals surface area contributed by atoms with E-state index in [1.165, 1.54) is 48.4 Å². The molecule has 1 nitrogen and oxygen atoms in total. The normalized spacial score (nSPS) is 17.7. The minimum absolute atomic E-state index is 0.431. The highest BCUT2D eigenvalue weighted by Crippen LogP contribution is 2.36. The third-order valence-electron chi connectivity index (χ3n) is 4.67. The Hall–Kier alpha value is -1.05. The Bertz CT molecular complexity index is 587. The van der Waals surface area contributed by atoms with Crippen LogP contribution in [-0.2, 0) is 0 Å². The molecule has 106 valence electrons. The SMILES string of the molecule is CNC(CC1CCCC1)c1ccc(Cl)c2ccccc12. The molecule has 1 saturated carbocycles. The second-order valence-electron chi connectivity index (χ2n) is 5.91. The van der Waals surface area contributed by atoms with Crippen molar-refractivity contribution in [1.82, 2.24) is 5.32 Å². The molecule has 2 aromatic carbocycles. The largest absolute Gasteiger partial charge is 0.313 e. The monoisotopic (exact) mass is 287 g/mol. The van der Waals surface area contributed by atoms with E-state index in [0.717, 1.165) is 10.9 Å². The van der Waals surface area contributed by atoms with Crippen molar-refractivity contribution in [2.75, 3.05) is 7.05 Å². The maximum absolute atomic E-state index is 6.33. The van der Waals surface area contributed by atoms with E-state index in [2.05, 4.69) is 42.7 Å². The van der Waals surface area contributed by atoms with E-state index in [9.17, 15) is 0 Å². The predicted octanol–water partition coefficient (Wildman–Crippen LogP) is 5.33. The van der Waals surface area contributed by atoms with Gasteiger partial charge in [0, 0.05) is 16.5 Å². The summed E-state index contributed by atoms with van der Waals surface area (Å²) < 4.78 is 0. The Morgan fingerprint density at radius 2 is 1.80 bits per heavy atom. The molecule has 0 aliphatic heterocycles. The molecule has 1 aliphatic rings. The van der Waals surface area contributed by atoms with Crippen molar-refractivity contribution >= 4 is 22.4 Å². The Morgan fingerprint density at radius 1 is 1.10 bits per heavy atom. The molecule has 2 aromatic rings. The first-order chi connectivity index (χ1) is 9.79. The highest BCUT2D eigenvalue weighted by atomic mass is 35.5. The van der Waals surface area contributed by atoms with Gasteiger partial charge in [-0.05, 0) is 36.4 Å². The van der Waals surface area contributed by atoms with Crippen molar-refractivity contribution in [3.8, 4) is 0 Å². The van der Waals surface area contributed by atoms with Crippen LogP contribution in [0.2, 0.25) is 5.02 Å². The Labute approximate surface area is 126 Å². The van der Waals surface area contributed by atoms with Crippen LogP contribution in [0.15, 0.2) is 36.4 Å². The van der Waals surface area contributed by atoms with Gasteiger partial charge in [-0.3, -0.25) is 0 Å². The number of hydrogen-bond acceptors (Lipinski definition) is 1. The van der Waals surface area contributed by atoms with Gasteiger partial charge in [0.1, 0.15) is 0 Å². The van der Waals surface area contributed by atoms with Crippen LogP contribution in [0, 0.1) is 5.92 Å². The topological polar surface area (TPSA) is 12.0 Å². The highest BCUT2D eigenvalue weighted by Gasteiger charge is 2.21. The van der Waals surface area contributed by atoms with Crippen LogP contribution in [0.3, 0.4) is 0 Å². The number of hydrogen-bond donors (Lipinski definition) is 1. The van der Waals surface area contributed by atoms with Gasteiger partial charge in [-0.15, -0.1) is 0 Å². The second-order valence-corrected chi connectivity index (χ2v) is 6.32. The molecule has 1 atom stereocenters.